The highest BCUT2D eigenvalue weighted by Gasteiger charge is 2.24. The number of benzene rings is 1. The minimum atomic E-state index is -0.928. The van der Waals surface area contributed by atoms with Crippen LogP contribution in [0, 0.1) is 11.6 Å². The second-order valence-corrected chi connectivity index (χ2v) is 6.16. The second kappa shape index (κ2) is 7.09. The van der Waals surface area contributed by atoms with Crippen molar-refractivity contribution in [2.24, 2.45) is 0 Å². The summed E-state index contributed by atoms with van der Waals surface area (Å²) in [6.07, 6.45) is 3.50. The lowest BCUT2D eigenvalue weighted by Gasteiger charge is -2.33. The van der Waals surface area contributed by atoms with Crippen molar-refractivity contribution in [2.75, 3.05) is 13.1 Å². The number of aromatic nitrogens is 2. The summed E-state index contributed by atoms with van der Waals surface area (Å²) in [5.41, 5.74) is 1.50. The van der Waals surface area contributed by atoms with E-state index in [-0.39, 0.29) is 12.5 Å². The van der Waals surface area contributed by atoms with Gasteiger partial charge in [0.05, 0.1) is 0 Å². The number of carboxylic acids is 1. The van der Waals surface area contributed by atoms with Crippen molar-refractivity contribution in [3.8, 4) is 0 Å². The molecular formula is C17H19F2N3O2. The molecule has 1 N–H and O–H groups in total. The first kappa shape index (κ1) is 16.6. The molecule has 0 saturated carbocycles. The van der Waals surface area contributed by atoms with Crippen molar-refractivity contribution < 1.29 is 18.7 Å². The minimum Gasteiger partial charge on any atom is -0.480 e. The molecule has 1 aliphatic rings. The summed E-state index contributed by atoms with van der Waals surface area (Å²) in [5, 5.41) is 13.0. The average Bonchev–Trinajstić information content (AvgIpc) is 2.93. The largest absolute Gasteiger partial charge is 0.480 e. The molecule has 0 spiro atoms. The van der Waals surface area contributed by atoms with Crippen LogP contribution in [0.15, 0.2) is 30.5 Å². The van der Waals surface area contributed by atoms with E-state index in [0.29, 0.717) is 18.7 Å². The predicted molar refractivity (Wildman–Crippen MR) is 83.5 cm³/mol. The van der Waals surface area contributed by atoms with Crippen LogP contribution in [-0.2, 0) is 17.9 Å². The molecule has 2 aromatic rings. The van der Waals surface area contributed by atoms with E-state index in [1.165, 1.54) is 16.8 Å². The molecule has 0 bridgehead atoms. The summed E-state index contributed by atoms with van der Waals surface area (Å²) in [4.78, 5) is 13.1. The highest BCUT2D eigenvalue weighted by molar-refractivity contribution is 5.66. The van der Waals surface area contributed by atoms with Crippen molar-refractivity contribution in [2.45, 2.75) is 31.8 Å². The monoisotopic (exact) mass is 335 g/mol. The zero-order valence-electron chi connectivity index (χ0n) is 13.2. The molecule has 2 heterocycles. The topological polar surface area (TPSA) is 58.4 Å². The fourth-order valence-electron chi connectivity index (χ4n) is 3.35. The van der Waals surface area contributed by atoms with E-state index in [0.717, 1.165) is 31.1 Å². The zero-order chi connectivity index (χ0) is 17.1. The van der Waals surface area contributed by atoms with Crippen LogP contribution in [0.4, 0.5) is 8.78 Å². The van der Waals surface area contributed by atoms with Gasteiger partial charge >= 0.3 is 5.97 Å². The number of hydrogen-bond acceptors (Lipinski definition) is 3. The molecule has 0 amide bonds. The van der Waals surface area contributed by atoms with E-state index in [9.17, 15) is 13.6 Å². The molecule has 1 atom stereocenters. The van der Waals surface area contributed by atoms with Crippen molar-refractivity contribution >= 4 is 5.97 Å². The van der Waals surface area contributed by atoms with Crippen molar-refractivity contribution in [1.82, 2.24) is 14.7 Å². The first-order chi connectivity index (χ1) is 11.5. The molecule has 1 aromatic heterocycles. The third-order valence-electron chi connectivity index (χ3n) is 4.29. The van der Waals surface area contributed by atoms with Gasteiger partial charge in [-0.15, -0.1) is 0 Å². The Hall–Kier alpha value is -2.28. The quantitative estimate of drug-likeness (QED) is 0.913. The van der Waals surface area contributed by atoms with Crippen LogP contribution in [0.1, 0.15) is 30.0 Å². The summed E-state index contributed by atoms with van der Waals surface area (Å²) >= 11 is 0. The van der Waals surface area contributed by atoms with Crippen LogP contribution in [0.3, 0.4) is 0 Å². The molecule has 1 fully saturated rings. The Balaban J connectivity index is 1.70. The van der Waals surface area contributed by atoms with Crippen LogP contribution in [0.2, 0.25) is 0 Å². The summed E-state index contributed by atoms with van der Waals surface area (Å²) in [7, 11) is 0. The van der Waals surface area contributed by atoms with Crippen molar-refractivity contribution in [3.05, 3.63) is 53.4 Å². The Labute approximate surface area is 138 Å². The smallest absolute Gasteiger partial charge is 0.325 e. The number of halogens is 2. The number of hydrogen-bond donors (Lipinski definition) is 1. The number of nitrogens with zero attached hydrogens (tertiary/aromatic N) is 3. The van der Waals surface area contributed by atoms with Crippen molar-refractivity contribution in [3.63, 3.8) is 0 Å². The van der Waals surface area contributed by atoms with Gasteiger partial charge in [-0.3, -0.25) is 14.4 Å². The normalized spacial score (nSPS) is 18.7. The lowest BCUT2D eigenvalue weighted by atomic mass is 9.94. The molecule has 0 unspecified atom stereocenters. The van der Waals surface area contributed by atoms with Crippen LogP contribution in [0.25, 0.3) is 0 Å². The molecule has 0 aliphatic carbocycles. The maximum atomic E-state index is 13.3. The fourth-order valence-corrected chi connectivity index (χ4v) is 3.35. The number of likely N-dealkylation sites (tertiary alicyclic amines) is 1. The number of aliphatic carboxylic acids is 1. The van der Waals surface area contributed by atoms with Crippen LogP contribution in [0.5, 0.6) is 0 Å². The van der Waals surface area contributed by atoms with Crippen LogP contribution < -0.4 is 0 Å². The molecular weight excluding hydrogens is 316 g/mol. The maximum absolute atomic E-state index is 13.3. The van der Waals surface area contributed by atoms with Gasteiger partial charge in [0.25, 0.3) is 0 Å². The highest BCUT2D eigenvalue weighted by Crippen LogP contribution is 2.27. The average molecular weight is 335 g/mol. The number of rotatable bonds is 5. The summed E-state index contributed by atoms with van der Waals surface area (Å²) in [6.45, 7) is 1.87. The summed E-state index contributed by atoms with van der Waals surface area (Å²) in [6, 6.07) is 5.41. The SMILES string of the molecule is O=C(O)Cn1nccc1[C@@H]1CCCN(Cc2cc(F)cc(F)c2)C1. The van der Waals surface area contributed by atoms with E-state index in [2.05, 4.69) is 10.00 Å². The van der Waals surface area contributed by atoms with E-state index in [1.54, 1.807) is 6.20 Å². The molecule has 5 nitrogen and oxygen atoms in total. The standard InChI is InChI=1S/C17H19F2N3O2/c18-14-6-12(7-15(19)8-14)9-21-5-1-2-13(10-21)16-3-4-20-22(16)11-17(23)24/h3-4,6-8,13H,1-2,5,9-11H2,(H,23,24)/t13-/m1/s1. The van der Waals surface area contributed by atoms with Crippen LogP contribution in [-0.4, -0.2) is 38.8 Å². The van der Waals surface area contributed by atoms with E-state index in [1.807, 2.05) is 6.07 Å². The fraction of sp³-hybridized carbons (Fsp3) is 0.412. The Morgan fingerprint density at radius 1 is 1.29 bits per heavy atom. The molecule has 7 heteroatoms. The zero-order valence-corrected chi connectivity index (χ0v) is 13.2. The summed E-state index contributed by atoms with van der Waals surface area (Å²) in [5.74, 6) is -1.90. The lowest BCUT2D eigenvalue weighted by molar-refractivity contribution is -0.137. The van der Waals surface area contributed by atoms with Crippen LogP contribution >= 0.6 is 0 Å². The Morgan fingerprint density at radius 3 is 2.75 bits per heavy atom. The van der Waals surface area contributed by atoms with Gasteiger partial charge in [0.15, 0.2) is 0 Å². The molecule has 1 aromatic carbocycles. The van der Waals surface area contributed by atoms with Gasteiger partial charge in [0.2, 0.25) is 0 Å². The number of carbonyl (C=O) groups is 1. The van der Waals surface area contributed by atoms with Gasteiger partial charge < -0.3 is 5.11 Å². The van der Waals surface area contributed by atoms with E-state index < -0.39 is 17.6 Å². The molecule has 128 valence electrons. The predicted octanol–water partition coefficient (Wildman–Crippen LogP) is 2.63. The van der Waals surface area contributed by atoms with Gasteiger partial charge in [-0.1, -0.05) is 0 Å². The molecule has 3 rings (SSSR count). The molecule has 1 aliphatic heterocycles. The Morgan fingerprint density at radius 2 is 2.04 bits per heavy atom. The summed E-state index contributed by atoms with van der Waals surface area (Å²) < 4.78 is 28.2. The molecule has 24 heavy (non-hydrogen) atoms. The van der Waals surface area contributed by atoms with E-state index in [4.69, 9.17) is 5.11 Å². The third-order valence-corrected chi connectivity index (χ3v) is 4.29. The third kappa shape index (κ3) is 3.97. The van der Waals surface area contributed by atoms with Gasteiger partial charge in [-0.05, 0) is 43.1 Å². The second-order valence-electron chi connectivity index (χ2n) is 6.16. The molecule has 1 saturated heterocycles. The van der Waals surface area contributed by atoms with E-state index >= 15 is 0 Å². The Kier molecular flexibility index (Phi) is 4.89. The first-order valence-electron chi connectivity index (χ1n) is 7.92. The van der Waals surface area contributed by atoms with Gasteiger partial charge in [-0.2, -0.15) is 5.10 Å². The van der Waals surface area contributed by atoms with Gasteiger partial charge in [-0.25, -0.2) is 8.78 Å². The number of carboxylic acid groups (broad SMARTS) is 1. The lowest BCUT2D eigenvalue weighted by Crippen LogP contribution is -2.35. The minimum absolute atomic E-state index is 0.159. The highest BCUT2D eigenvalue weighted by atomic mass is 19.1. The van der Waals surface area contributed by atoms with Gasteiger partial charge in [0.1, 0.15) is 18.2 Å². The maximum Gasteiger partial charge on any atom is 0.325 e. The van der Waals surface area contributed by atoms with Gasteiger partial charge in [0, 0.05) is 37.0 Å². The molecule has 0 radical (unpaired) electrons. The van der Waals surface area contributed by atoms with Crippen molar-refractivity contribution in [1.29, 1.82) is 0 Å². The first-order valence-corrected chi connectivity index (χ1v) is 7.92. The Bertz CT molecular complexity index is 712. The number of piperidine rings is 1.